The van der Waals surface area contributed by atoms with Gasteiger partial charge in [0.25, 0.3) is 0 Å². The van der Waals surface area contributed by atoms with Crippen LogP contribution in [0.1, 0.15) is 24.5 Å². The molecule has 0 spiro atoms. The number of halogens is 1. The molecule has 0 bridgehead atoms. The van der Waals surface area contributed by atoms with Crippen molar-refractivity contribution in [3.63, 3.8) is 0 Å². The SMILES string of the molecule is CCC(Cl)(Cc1ccccc1)c1ccccc1. The van der Waals surface area contributed by atoms with Crippen LogP contribution in [0.25, 0.3) is 0 Å². The molecule has 2 aromatic rings. The van der Waals surface area contributed by atoms with Crippen LogP contribution in [-0.2, 0) is 11.3 Å². The van der Waals surface area contributed by atoms with Crippen molar-refractivity contribution in [2.24, 2.45) is 0 Å². The highest BCUT2D eigenvalue weighted by Crippen LogP contribution is 2.36. The molecule has 0 nitrogen and oxygen atoms in total. The van der Waals surface area contributed by atoms with Crippen LogP contribution in [-0.4, -0.2) is 0 Å². The van der Waals surface area contributed by atoms with E-state index in [9.17, 15) is 0 Å². The van der Waals surface area contributed by atoms with Gasteiger partial charge >= 0.3 is 0 Å². The van der Waals surface area contributed by atoms with Gasteiger partial charge in [0.2, 0.25) is 0 Å². The number of rotatable bonds is 4. The molecule has 0 aromatic heterocycles. The van der Waals surface area contributed by atoms with Gasteiger partial charge in [-0.1, -0.05) is 67.6 Å². The van der Waals surface area contributed by atoms with Crippen LogP contribution in [0, 0.1) is 0 Å². The van der Waals surface area contributed by atoms with E-state index in [1.165, 1.54) is 11.1 Å². The second-order valence-electron chi connectivity index (χ2n) is 4.35. The van der Waals surface area contributed by atoms with E-state index in [4.69, 9.17) is 11.6 Å². The Balaban J connectivity index is 2.27. The summed E-state index contributed by atoms with van der Waals surface area (Å²) in [6, 6.07) is 20.8. The second kappa shape index (κ2) is 5.37. The lowest BCUT2D eigenvalue weighted by molar-refractivity contribution is 0.583. The van der Waals surface area contributed by atoms with Gasteiger partial charge in [0.15, 0.2) is 0 Å². The molecule has 1 unspecified atom stereocenters. The van der Waals surface area contributed by atoms with Gasteiger partial charge in [0.1, 0.15) is 0 Å². The lowest BCUT2D eigenvalue weighted by atomic mass is 9.89. The molecule has 0 aliphatic rings. The van der Waals surface area contributed by atoms with E-state index in [0.29, 0.717) is 0 Å². The lowest BCUT2D eigenvalue weighted by Crippen LogP contribution is -2.20. The first-order valence-corrected chi connectivity index (χ1v) is 6.41. The average molecular weight is 245 g/mol. The van der Waals surface area contributed by atoms with E-state index < -0.39 is 0 Å². The molecular weight excluding hydrogens is 228 g/mol. The minimum Gasteiger partial charge on any atom is -0.114 e. The zero-order valence-electron chi connectivity index (χ0n) is 10.1. The van der Waals surface area contributed by atoms with Crippen molar-refractivity contribution in [2.75, 3.05) is 0 Å². The summed E-state index contributed by atoms with van der Waals surface area (Å²) in [5.41, 5.74) is 2.49. The third-order valence-electron chi connectivity index (χ3n) is 3.18. The maximum absolute atomic E-state index is 6.78. The highest BCUT2D eigenvalue weighted by Gasteiger charge is 2.27. The molecule has 0 fully saturated rings. The topological polar surface area (TPSA) is 0 Å². The molecule has 1 atom stereocenters. The summed E-state index contributed by atoms with van der Waals surface area (Å²) in [4.78, 5) is -0.289. The fourth-order valence-electron chi connectivity index (χ4n) is 2.09. The summed E-state index contributed by atoms with van der Waals surface area (Å²) in [6.45, 7) is 2.14. The molecule has 0 aliphatic heterocycles. The standard InChI is InChI=1S/C16H17Cl/c1-2-16(17,15-11-7-4-8-12-15)13-14-9-5-3-6-10-14/h3-12H,2,13H2,1H3. The van der Waals surface area contributed by atoms with E-state index >= 15 is 0 Å². The van der Waals surface area contributed by atoms with Crippen LogP contribution in [0.5, 0.6) is 0 Å². The summed E-state index contributed by atoms with van der Waals surface area (Å²) >= 11 is 6.78. The Kier molecular flexibility index (Phi) is 3.86. The van der Waals surface area contributed by atoms with Crippen molar-refractivity contribution >= 4 is 11.6 Å². The van der Waals surface area contributed by atoms with E-state index in [0.717, 1.165) is 12.8 Å². The third-order valence-corrected chi connectivity index (χ3v) is 3.80. The first kappa shape index (κ1) is 12.2. The van der Waals surface area contributed by atoms with Gasteiger partial charge in [-0.05, 0) is 24.0 Å². The van der Waals surface area contributed by atoms with E-state index in [2.05, 4.69) is 43.3 Å². The zero-order chi connectivity index (χ0) is 12.1. The molecule has 17 heavy (non-hydrogen) atoms. The van der Waals surface area contributed by atoms with Gasteiger partial charge in [0, 0.05) is 0 Å². The Morgan fingerprint density at radius 3 is 1.94 bits per heavy atom. The van der Waals surface area contributed by atoms with Gasteiger partial charge in [-0.25, -0.2) is 0 Å². The Bertz CT molecular complexity index is 449. The van der Waals surface area contributed by atoms with Crippen molar-refractivity contribution in [3.8, 4) is 0 Å². The summed E-state index contributed by atoms with van der Waals surface area (Å²) < 4.78 is 0. The lowest BCUT2D eigenvalue weighted by Gasteiger charge is -2.26. The van der Waals surface area contributed by atoms with Gasteiger partial charge in [-0.2, -0.15) is 0 Å². The van der Waals surface area contributed by atoms with Crippen LogP contribution < -0.4 is 0 Å². The molecular formula is C16H17Cl. The Morgan fingerprint density at radius 2 is 1.41 bits per heavy atom. The van der Waals surface area contributed by atoms with E-state index in [1.54, 1.807) is 0 Å². The van der Waals surface area contributed by atoms with Gasteiger partial charge in [-0.15, -0.1) is 11.6 Å². The molecule has 2 rings (SSSR count). The Hall–Kier alpha value is -1.27. The summed E-state index contributed by atoms with van der Waals surface area (Å²) in [5.74, 6) is 0. The highest BCUT2D eigenvalue weighted by molar-refractivity contribution is 6.24. The molecule has 0 saturated carbocycles. The average Bonchev–Trinajstić information content (AvgIpc) is 2.41. The van der Waals surface area contributed by atoms with Gasteiger partial charge in [-0.3, -0.25) is 0 Å². The van der Waals surface area contributed by atoms with Crippen LogP contribution in [0.2, 0.25) is 0 Å². The smallest absolute Gasteiger partial charge is 0.0732 e. The fraction of sp³-hybridized carbons (Fsp3) is 0.250. The predicted octanol–water partition coefficient (Wildman–Crippen LogP) is 4.77. The van der Waals surface area contributed by atoms with Crippen LogP contribution in [0.3, 0.4) is 0 Å². The predicted molar refractivity (Wildman–Crippen MR) is 74.4 cm³/mol. The highest BCUT2D eigenvalue weighted by atomic mass is 35.5. The van der Waals surface area contributed by atoms with E-state index in [-0.39, 0.29) is 4.87 Å². The quantitative estimate of drug-likeness (QED) is 0.680. The zero-order valence-corrected chi connectivity index (χ0v) is 10.8. The van der Waals surface area contributed by atoms with Crippen molar-refractivity contribution < 1.29 is 0 Å². The molecule has 0 radical (unpaired) electrons. The van der Waals surface area contributed by atoms with Crippen molar-refractivity contribution in [2.45, 2.75) is 24.6 Å². The Morgan fingerprint density at radius 1 is 0.882 bits per heavy atom. The third kappa shape index (κ3) is 2.89. The van der Waals surface area contributed by atoms with Crippen LogP contribution in [0.4, 0.5) is 0 Å². The largest absolute Gasteiger partial charge is 0.114 e. The maximum atomic E-state index is 6.78. The maximum Gasteiger partial charge on any atom is 0.0732 e. The molecule has 0 aliphatic carbocycles. The molecule has 0 N–H and O–H groups in total. The fourth-order valence-corrected chi connectivity index (χ4v) is 2.37. The minimum atomic E-state index is -0.289. The number of alkyl halides is 1. The number of benzene rings is 2. The molecule has 0 amide bonds. The number of hydrogen-bond acceptors (Lipinski definition) is 0. The number of hydrogen-bond donors (Lipinski definition) is 0. The molecule has 1 heteroatoms. The van der Waals surface area contributed by atoms with Gasteiger partial charge < -0.3 is 0 Å². The van der Waals surface area contributed by atoms with Crippen molar-refractivity contribution in [3.05, 3.63) is 71.8 Å². The Labute approximate surface area is 108 Å². The van der Waals surface area contributed by atoms with Crippen molar-refractivity contribution in [1.82, 2.24) is 0 Å². The summed E-state index contributed by atoms with van der Waals surface area (Å²) in [6.07, 6.45) is 1.80. The second-order valence-corrected chi connectivity index (χ2v) is 5.07. The molecule has 88 valence electrons. The van der Waals surface area contributed by atoms with E-state index in [1.807, 2.05) is 24.3 Å². The first-order valence-electron chi connectivity index (χ1n) is 6.03. The first-order chi connectivity index (χ1) is 8.24. The molecule has 0 saturated heterocycles. The minimum absolute atomic E-state index is 0.289. The van der Waals surface area contributed by atoms with Gasteiger partial charge in [0.05, 0.1) is 4.87 Å². The molecule has 0 heterocycles. The monoisotopic (exact) mass is 244 g/mol. The normalized spacial score (nSPS) is 14.2. The summed E-state index contributed by atoms with van der Waals surface area (Å²) in [7, 11) is 0. The van der Waals surface area contributed by atoms with Crippen LogP contribution >= 0.6 is 11.6 Å². The summed E-state index contributed by atoms with van der Waals surface area (Å²) in [5, 5.41) is 0. The van der Waals surface area contributed by atoms with Crippen molar-refractivity contribution in [1.29, 1.82) is 0 Å². The molecule has 2 aromatic carbocycles. The van der Waals surface area contributed by atoms with Crippen LogP contribution in [0.15, 0.2) is 60.7 Å².